The summed E-state index contributed by atoms with van der Waals surface area (Å²) in [6.45, 7) is 13.9. The van der Waals surface area contributed by atoms with Crippen LogP contribution in [0.2, 0.25) is 0 Å². The van der Waals surface area contributed by atoms with Crippen molar-refractivity contribution in [2.24, 2.45) is 22.5 Å². The highest BCUT2D eigenvalue weighted by Crippen LogP contribution is 2.28. The van der Waals surface area contributed by atoms with E-state index >= 15 is 0 Å². The Labute approximate surface area is 130 Å². The lowest BCUT2D eigenvalue weighted by molar-refractivity contribution is 0.213. The molecule has 1 saturated heterocycles. The molecule has 0 aromatic rings. The Hall–Kier alpha value is -0.220. The van der Waals surface area contributed by atoms with E-state index in [9.17, 15) is 8.78 Å². The summed E-state index contributed by atoms with van der Waals surface area (Å²) in [6.07, 6.45) is 2.16. The van der Waals surface area contributed by atoms with Crippen LogP contribution in [0.25, 0.3) is 0 Å². The molecule has 1 unspecified atom stereocenters. The standard InChI is InChI=1S/C9H18FN.C8H18FN/c1-9(2,3)4-7-5-11-6-8(7)10;1-8(2,3)5-4-7(10)6-9/h7-8,11H,4-6H2,1-3H3;7H,4-6,10H2,1-3H3/t7-,8?;7-/m10/s1. The van der Waals surface area contributed by atoms with Gasteiger partial charge in [-0.3, -0.25) is 0 Å². The zero-order chi connectivity index (χ0) is 16.7. The summed E-state index contributed by atoms with van der Waals surface area (Å²) in [5.74, 6) is 0.245. The minimum absolute atomic E-state index is 0.245. The van der Waals surface area contributed by atoms with Crippen molar-refractivity contribution in [3.05, 3.63) is 0 Å². The molecule has 0 bridgehead atoms. The minimum Gasteiger partial charge on any atom is -0.325 e. The van der Waals surface area contributed by atoms with Crippen molar-refractivity contribution < 1.29 is 8.78 Å². The molecule has 21 heavy (non-hydrogen) atoms. The first-order valence-corrected chi connectivity index (χ1v) is 8.11. The molecule has 0 aromatic heterocycles. The molecular formula is C17H36F2N2. The van der Waals surface area contributed by atoms with Gasteiger partial charge >= 0.3 is 0 Å². The van der Waals surface area contributed by atoms with E-state index in [-0.39, 0.29) is 22.8 Å². The Morgan fingerprint density at radius 3 is 2.00 bits per heavy atom. The Kier molecular flexibility index (Phi) is 8.94. The third kappa shape index (κ3) is 12.0. The fraction of sp³-hybridized carbons (Fsp3) is 1.00. The van der Waals surface area contributed by atoms with Crippen molar-refractivity contribution in [1.82, 2.24) is 5.32 Å². The second-order valence-corrected chi connectivity index (χ2v) is 8.71. The number of nitrogens with one attached hydrogen (secondary N) is 1. The van der Waals surface area contributed by atoms with Crippen LogP contribution < -0.4 is 11.1 Å². The fourth-order valence-electron chi connectivity index (χ4n) is 2.38. The summed E-state index contributed by atoms with van der Waals surface area (Å²) in [6, 6.07) is -0.251. The van der Waals surface area contributed by atoms with Crippen molar-refractivity contribution in [2.75, 3.05) is 19.8 Å². The zero-order valence-corrected chi connectivity index (χ0v) is 14.8. The smallest absolute Gasteiger partial charge is 0.117 e. The molecular weight excluding hydrogens is 270 g/mol. The molecule has 1 fully saturated rings. The summed E-state index contributed by atoms with van der Waals surface area (Å²) in [5.41, 5.74) is 5.95. The molecule has 128 valence electrons. The van der Waals surface area contributed by atoms with Crippen LogP contribution in [0.3, 0.4) is 0 Å². The molecule has 0 spiro atoms. The van der Waals surface area contributed by atoms with E-state index in [4.69, 9.17) is 5.73 Å². The predicted octanol–water partition coefficient (Wildman–Crippen LogP) is 4.09. The summed E-state index contributed by atoms with van der Waals surface area (Å²) < 4.78 is 24.9. The number of hydrogen-bond donors (Lipinski definition) is 2. The van der Waals surface area contributed by atoms with Crippen molar-refractivity contribution in [3.63, 3.8) is 0 Å². The third-order valence-electron chi connectivity index (χ3n) is 3.60. The molecule has 0 aliphatic carbocycles. The lowest BCUT2D eigenvalue weighted by atomic mass is 9.84. The van der Waals surface area contributed by atoms with Crippen molar-refractivity contribution >= 4 is 0 Å². The maximum Gasteiger partial charge on any atom is 0.117 e. The summed E-state index contributed by atoms with van der Waals surface area (Å²) in [4.78, 5) is 0. The molecule has 1 aliphatic heterocycles. The molecule has 2 nitrogen and oxygen atoms in total. The van der Waals surface area contributed by atoms with E-state index < -0.39 is 12.8 Å². The molecule has 3 N–H and O–H groups in total. The van der Waals surface area contributed by atoms with Crippen LogP contribution in [0.1, 0.15) is 60.8 Å². The van der Waals surface area contributed by atoms with Gasteiger partial charge in [0, 0.05) is 25.0 Å². The average Bonchev–Trinajstić information content (AvgIpc) is 2.69. The monoisotopic (exact) mass is 306 g/mol. The van der Waals surface area contributed by atoms with Crippen LogP contribution in [0, 0.1) is 16.7 Å². The van der Waals surface area contributed by atoms with Gasteiger partial charge in [-0.25, -0.2) is 8.78 Å². The van der Waals surface area contributed by atoms with E-state index in [1.54, 1.807) is 0 Å². The van der Waals surface area contributed by atoms with Crippen molar-refractivity contribution in [3.8, 4) is 0 Å². The average molecular weight is 306 g/mol. The van der Waals surface area contributed by atoms with Crippen LogP contribution in [0.4, 0.5) is 8.78 Å². The number of hydrogen-bond acceptors (Lipinski definition) is 2. The molecule has 4 heteroatoms. The first kappa shape index (κ1) is 20.8. The van der Waals surface area contributed by atoms with Gasteiger partial charge in [0.1, 0.15) is 12.8 Å². The normalized spacial score (nSPS) is 24.4. The van der Waals surface area contributed by atoms with Gasteiger partial charge in [-0.2, -0.15) is 0 Å². The van der Waals surface area contributed by atoms with Gasteiger partial charge in [-0.15, -0.1) is 0 Å². The lowest BCUT2D eigenvalue weighted by Gasteiger charge is -2.23. The number of alkyl halides is 2. The van der Waals surface area contributed by atoms with Gasteiger partial charge in [0.05, 0.1) is 0 Å². The van der Waals surface area contributed by atoms with Crippen LogP contribution in [0.5, 0.6) is 0 Å². The van der Waals surface area contributed by atoms with Gasteiger partial charge in [0.25, 0.3) is 0 Å². The van der Waals surface area contributed by atoms with Crippen molar-refractivity contribution in [2.45, 2.75) is 73.0 Å². The van der Waals surface area contributed by atoms with Crippen molar-refractivity contribution in [1.29, 1.82) is 0 Å². The molecule has 0 radical (unpaired) electrons. The number of rotatable bonds is 4. The molecule has 1 heterocycles. The maximum absolute atomic E-state index is 13.1. The Bertz CT molecular complexity index is 269. The molecule has 1 rings (SSSR count). The largest absolute Gasteiger partial charge is 0.325 e. The lowest BCUT2D eigenvalue weighted by Crippen LogP contribution is -2.24. The fourth-order valence-corrected chi connectivity index (χ4v) is 2.38. The highest BCUT2D eigenvalue weighted by atomic mass is 19.1. The molecule has 1 aliphatic rings. The Morgan fingerprint density at radius 1 is 1.10 bits per heavy atom. The first-order valence-electron chi connectivity index (χ1n) is 8.11. The van der Waals surface area contributed by atoms with Crippen LogP contribution in [0.15, 0.2) is 0 Å². The SMILES string of the molecule is CC(C)(C)CC[C@H](N)CF.CC(C)(C)C[C@@H]1CNCC1F. The second-order valence-electron chi connectivity index (χ2n) is 8.71. The van der Waals surface area contributed by atoms with E-state index in [2.05, 4.69) is 46.9 Å². The van der Waals surface area contributed by atoms with E-state index in [0.29, 0.717) is 6.54 Å². The van der Waals surface area contributed by atoms with Gasteiger partial charge in [-0.05, 0) is 30.1 Å². The number of nitrogens with two attached hydrogens (primary N) is 1. The van der Waals surface area contributed by atoms with Crippen LogP contribution in [-0.2, 0) is 0 Å². The second kappa shape index (κ2) is 9.04. The summed E-state index contributed by atoms with van der Waals surface area (Å²) in [5, 5.41) is 3.07. The molecule has 0 amide bonds. The quantitative estimate of drug-likeness (QED) is 0.821. The van der Waals surface area contributed by atoms with Gasteiger partial charge in [-0.1, -0.05) is 41.5 Å². The predicted molar refractivity (Wildman–Crippen MR) is 88.0 cm³/mol. The zero-order valence-electron chi connectivity index (χ0n) is 14.8. The highest BCUT2D eigenvalue weighted by Gasteiger charge is 2.30. The molecule has 0 aromatic carbocycles. The van der Waals surface area contributed by atoms with Crippen LogP contribution >= 0.6 is 0 Å². The summed E-state index contributed by atoms with van der Waals surface area (Å²) in [7, 11) is 0. The first-order chi connectivity index (χ1) is 9.44. The Morgan fingerprint density at radius 2 is 1.67 bits per heavy atom. The van der Waals surface area contributed by atoms with Gasteiger partial charge in [0.15, 0.2) is 0 Å². The topological polar surface area (TPSA) is 38.0 Å². The van der Waals surface area contributed by atoms with E-state index in [1.807, 2.05) is 0 Å². The maximum atomic E-state index is 13.1. The van der Waals surface area contributed by atoms with E-state index in [0.717, 1.165) is 25.8 Å². The third-order valence-corrected chi connectivity index (χ3v) is 3.60. The van der Waals surface area contributed by atoms with E-state index in [1.165, 1.54) is 0 Å². The summed E-state index contributed by atoms with van der Waals surface area (Å²) >= 11 is 0. The van der Waals surface area contributed by atoms with Crippen LogP contribution in [-0.4, -0.2) is 32.0 Å². The molecule has 3 atom stereocenters. The minimum atomic E-state index is -0.616. The molecule has 0 saturated carbocycles. The van der Waals surface area contributed by atoms with Gasteiger partial charge in [0.2, 0.25) is 0 Å². The van der Waals surface area contributed by atoms with Gasteiger partial charge < -0.3 is 11.1 Å². The Balaban J connectivity index is 0.000000384. The highest BCUT2D eigenvalue weighted by molar-refractivity contribution is 4.83. The number of halogens is 2.